The third kappa shape index (κ3) is 4.99. The number of anilines is 1. The van der Waals surface area contributed by atoms with Crippen LogP contribution < -0.4 is 4.72 Å². The Morgan fingerprint density at radius 3 is 2.31 bits per heavy atom. The second-order valence-electron chi connectivity index (χ2n) is 5.98. The zero-order chi connectivity index (χ0) is 21.3. The number of hydrogen-bond donors (Lipinski definition) is 1. The molecule has 3 rings (SSSR count). The first-order chi connectivity index (χ1) is 13.6. The molecule has 0 bridgehead atoms. The van der Waals surface area contributed by atoms with Gasteiger partial charge in [0.05, 0.1) is 10.7 Å². The van der Waals surface area contributed by atoms with E-state index in [1.807, 2.05) is 22.6 Å². The van der Waals surface area contributed by atoms with Crippen LogP contribution in [-0.2, 0) is 16.4 Å². The molecule has 3 aromatic carbocycles. The van der Waals surface area contributed by atoms with Crippen molar-refractivity contribution in [2.45, 2.75) is 11.3 Å². The number of sulfonamides is 1. The molecule has 1 N–H and O–H groups in total. The Hall–Kier alpha value is -1.49. The van der Waals surface area contributed by atoms with E-state index in [0.29, 0.717) is 3.57 Å². The molecule has 3 nitrogen and oxygen atoms in total. The van der Waals surface area contributed by atoms with Gasteiger partial charge in [0, 0.05) is 20.6 Å². The Kier molecular flexibility index (Phi) is 6.67. The average Bonchev–Trinajstić information content (AvgIpc) is 2.62. The normalized spacial score (nSPS) is 11.5. The molecule has 10 heteroatoms. The Bertz CT molecular complexity index is 1210. The second kappa shape index (κ2) is 8.71. The van der Waals surface area contributed by atoms with E-state index in [4.69, 9.17) is 23.2 Å². The summed E-state index contributed by atoms with van der Waals surface area (Å²) in [7, 11) is -4.25. The Balaban J connectivity index is 2.05. The first kappa shape index (κ1) is 22.2. The smallest absolute Gasteiger partial charge is 0.263 e. The molecule has 29 heavy (non-hydrogen) atoms. The first-order valence-electron chi connectivity index (χ1n) is 7.97. The highest BCUT2D eigenvalue weighted by molar-refractivity contribution is 14.1. The summed E-state index contributed by atoms with van der Waals surface area (Å²) in [5.74, 6) is -3.07. The molecule has 0 unspecified atom stereocenters. The third-order valence-corrected chi connectivity index (χ3v) is 6.76. The number of rotatable bonds is 5. The van der Waals surface area contributed by atoms with Gasteiger partial charge in [-0.3, -0.25) is 4.72 Å². The highest BCUT2D eigenvalue weighted by Gasteiger charge is 2.23. The molecule has 0 saturated carbocycles. The van der Waals surface area contributed by atoms with Crippen LogP contribution >= 0.6 is 45.8 Å². The van der Waals surface area contributed by atoms with E-state index in [0.717, 1.165) is 12.1 Å². The fraction of sp³-hybridized carbons (Fsp3) is 0.0526. The lowest BCUT2D eigenvalue weighted by Gasteiger charge is -2.15. The molecular weight excluding hydrogens is 561 g/mol. The molecule has 0 spiro atoms. The van der Waals surface area contributed by atoms with E-state index in [1.165, 1.54) is 30.3 Å². The molecule has 0 atom stereocenters. The minimum absolute atomic E-state index is 0.0832. The second-order valence-corrected chi connectivity index (χ2v) is 9.72. The summed E-state index contributed by atoms with van der Waals surface area (Å²) in [5, 5.41) is 0.0921. The molecular formula is C19H11Cl2F3INO2S. The van der Waals surface area contributed by atoms with Crippen LogP contribution in [-0.4, -0.2) is 8.42 Å². The van der Waals surface area contributed by atoms with E-state index >= 15 is 0 Å². The molecule has 0 aliphatic heterocycles. The van der Waals surface area contributed by atoms with Gasteiger partial charge in [0.25, 0.3) is 10.0 Å². The van der Waals surface area contributed by atoms with Crippen LogP contribution in [0.1, 0.15) is 11.1 Å². The summed E-state index contributed by atoms with van der Waals surface area (Å²) >= 11 is 13.6. The lowest BCUT2D eigenvalue weighted by atomic mass is 10.0. The Morgan fingerprint density at radius 1 is 0.931 bits per heavy atom. The molecule has 0 radical (unpaired) electrons. The van der Waals surface area contributed by atoms with Gasteiger partial charge in [-0.1, -0.05) is 29.3 Å². The molecule has 0 aliphatic rings. The van der Waals surface area contributed by atoms with Gasteiger partial charge in [-0.2, -0.15) is 0 Å². The maximum Gasteiger partial charge on any atom is 0.263 e. The van der Waals surface area contributed by atoms with Crippen LogP contribution in [0.3, 0.4) is 0 Å². The predicted octanol–water partition coefficient (Wildman–Crippen LogP) is 6.41. The fourth-order valence-electron chi connectivity index (χ4n) is 2.61. The Morgan fingerprint density at radius 2 is 1.66 bits per heavy atom. The SMILES string of the molecule is O=S(=O)(Nc1ccc(F)c(F)c1Cc1ccc(I)cc1F)c1ccc(Cl)cc1Cl. The summed E-state index contributed by atoms with van der Waals surface area (Å²) < 4.78 is 70.8. The molecule has 152 valence electrons. The minimum atomic E-state index is -4.25. The number of halogens is 6. The predicted molar refractivity (Wildman–Crippen MR) is 116 cm³/mol. The highest BCUT2D eigenvalue weighted by atomic mass is 127. The van der Waals surface area contributed by atoms with Crippen LogP contribution in [0.5, 0.6) is 0 Å². The quantitative estimate of drug-likeness (QED) is 0.360. The van der Waals surface area contributed by atoms with Crippen molar-refractivity contribution in [3.8, 4) is 0 Å². The minimum Gasteiger partial charge on any atom is -0.279 e. The van der Waals surface area contributed by atoms with Gasteiger partial charge < -0.3 is 0 Å². The lowest BCUT2D eigenvalue weighted by molar-refractivity contribution is 0.500. The lowest BCUT2D eigenvalue weighted by Crippen LogP contribution is -2.16. The summed E-state index contributed by atoms with van der Waals surface area (Å²) in [5.41, 5.74) is -0.480. The molecule has 0 aliphatic carbocycles. The van der Waals surface area contributed by atoms with Gasteiger partial charge >= 0.3 is 0 Å². The molecule has 3 aromatic rings. The van der Waals surface area contributed by atoms with Crippen LogP contribution in [0.4, 0.5) is 18.9 Å². The molecule has 0 amide bonds. The summed E-state index contributed by atoms with van der Waals surface area (Å²) in [6, 6.07) is 9.88. The van der Waals surface area contributed by atoms with E-state index < -0.39 is 27.5 Å². The van der Waals surface area contributed by atoms with Crippen LogP contribution in [0, 0.1) is 21.0 Å². The maximum absolute atomic E-state index is 14.5. The number of hydrogen-bond acceptors (Lipinski definition) is 2. The summed E-state index contributed by atoms with van der Waals surface area (Å²) in [4.78, 5) is -0.292. The topological polar surface area (TPSA) is 46.2 Å². The van der Waals surface area contributed by atoms with Crippen molar-refractivity contribution in [3.05, 3.63) is 90.7 Å². The van der Waals surface area contributed by atoms with Crippen molar-refractivity contribution >= 4 is 61.5 Å². The Labute approximate surface area is 189 Å². The van der Waals surface area contributed by atoms with Crippen LogP contribution in [0.15, 0.2) is 53.4 Å². The van der Waals surface area contributed by atoms with E-state index in [2.05, 4.69) is 4.72 Å². The molecule has 0 saturated heterocycles. The standard InChI is InChI=1S/C19H11Cl2F3INO2S/c20-11-2-6-18(14(21)8-11)29(27,28)26-17-5-4-15(22)19(24)13(17)7-10-1-3-12(25)9-16(10)23/h1-6,8-9,26H,7H2. The van der Waals surface area contributed by atoms with E-state index in [1.54, 1.807) is 6.07 Å². The van der Waals surface area contributed by atoms with Crippen molar-refractivity contribution in [2.75, 3.05) is 4.72 Å². The molecule has 0 fully saturated rings. The molecule has 0 aromatic heterocycles. The van der Waals surface area contributed by atoms with Crippen LogP contribution in [0.25, 0.3) is 0 Å². The van der Waals surface area contributed by atoms with Crippen molar-refractivity contribution in [3.63, 3.8) is 0 Å². The van der Waals surface area contributed by atoms with Gasteiger partial charge in [0.15, 0.2) is 11.6 Å². The largest absolute Gasteiger partial charge is 0.279 e. The van der Waals surface area contributed by atoms with Crippen molar-refractivity contribution in [2.24, 2.45) is 0 Å². The van der Waals surface area contributed by atoms with Gasteiger partial charge in [0.2, 0.25) is 0 Å². The zero-order valence-corrected chi connectivity index (χ0v) is 18.8. The van der Waals surface area contributed by atoms with Gasteiger partial charge in [-0.25, -0.2) is 21.6 Å². The van der Waals surface area contributed by atoms with Crippen molar-refractivity contribution < 1.29 is 21.6 Å². The van der Waals surface area contributed by atoms with Crippen molar-refractivity contribution in [1.29, 1.82) is 0 Å². The average molecular weight is 572 g/mol. The number of nitrogens with one attached hydrogen (secondary N) is 1. The van der Waals surface area contributed by atoms with Crippen molar-refractivity contribution in [1.82, 2.24) is 0 Å². The van der Waals surface area contributed by atoms with Gasteiger partial charge in [-0.15, -0.1) is 0 Å². The molecule has 0 heterocycles. The van der Waals surface area contributed by atoms with E-state index in [-0.39, 0.29) is 38.2 Å². The van der Waals surface area contributed by atoms with Gasteiger partial charge in [0.1, 0.15) is 10.7 Å². The monoisotopic (exact) mass is 571 g/mol. The fourth-order valence-corrected chi connectivity index (χ4v) is 4.93. The summed E-state index contributed by atoms with van der Waals surface area (Å²) in [6.07, 6.45) is -0.363. The van der Waals surface area contributed by atoms with E-state index in [9.17, 15) is 21.6 Å². The third-order valence-electron chi connectivity index (χ3n) is 4.01. The highest BCUT2D eigenvalue weighted by Crippen LogP contribution is 2.30. The summed E-state index contributed by atoms with van der Waals surface area (Å²) in [6.45, 7) is 0. The first-order valence-corrected chi connectivity index (χ1v) is 11.3. The number of benzene rings is 3. The maximum atomic E-state index is 14.5. The van der Waals surface area contributed by atoms with Gasteiger partial charge in [-0.05, 0) is 70.6 Å². The van der Waals surface area contributed by atoms with Crippen LogP contribution in [0.2, 0.25) is 10.0 Å². The zero-order valence-electron chi connectivity index (χ0n) is 14.3.